The smallest absolute Gasteiger partial charge is 0.307 e. The highest BCUT2D eigenvalue weighted by Crippen LogP contribution is 2.18. The van der Waals surface area contributed by atoms with Crippen molar-refractivity contribution in [2.45, 2.75) is 24.3 Å². The van der Waals surface area contributed by atoms with E-state index in [1.807, 2.05) is 30.3 Å². The molecule has 0 unspecified atom stereocenters. The van der Waals surface area contributed by atoms with E-state index in [0.717, 1.165) is 4.90 Å². The first-order valence-electron chi connectivity index (χ1n) is 7.48. The van der Waals surface area contributed by atoms with Crippen LogP contribution in [0.4, 0.5) is 10.1 Å². The van der Waals surface area contributed by atoms with Gasteiger partial charge >= 0.3 is 5.97 Å². The maximum Gasteiger partial charge on any atom is 0.307 e. The van der Waals surface area contributed by atoms with Gasteiger partial charge in [0.1, 0.15) is 5.82 Å². The number of thioether (sulfide) groups is 1. The van der Waals surface area contributed by atoms with Crippen molar-refractivity contribution in [3.05, 3.63) is 60.4 Å². The average Bonchev–Trinajstić information content (AvgIpc) is 2.58. The van der Waals surface area contributed by atoms with Crippen LogP contribution in [0.15, 0.2) is 59.5 Å². The molecule has 0 saturated carbocycles. The van der Waals surface area contributed by atoms with Crippen LogP contribution in [0.3, 0.4) is 0 Å². The normalized spacial score (nSPS) is 11.6. The molecule has 0 aromatic heterocycles. The lowest BCUT2D eigenvalue weighted by Gasteiger charge is -2.13. The summed E-state index contributed by atoms with van der Waals surface area (Å²) in [5.41, 5.74) is 0.448. The first kappa shape index (κ1) is 18.0. The maximum absolute atomic E-state index is 12.8. The van der Waals surface area contributed by atoms with Gasteiger partial charge in [0, 0.05) is 16.3 Å². The van der Waals surface area contributed by atoms with Crippen LogP contribution in [0.2, 0.25) is 0 Å². The number of ether oxygens (including phenoxy) is 1. The molecule has 1 N–H and O–H groups in total. The lowest BCUT2D eigenvalue weighted by atomic mass is 10.3. The molecule has 0 aliphatic heterocycles. The number of esters is 1. The minimum atomic E-state index is -0.913. The molecule has 2 aromatic rings. The van der Waals surface area contributed by atoms with Crippen LogP contribution in [0.1, 0.15) is 13.3 Å². The van der Waals surface area contributed by atoms with Gasteiger partial charge in [-0.05, 0) is 43.3 Å². The van der Waals surface area contributed by atoms with Gasteiger partial charge in [-0.15, -0.1) is 11.8 Å². The Labute approximate surface area is 144 Å². The molecule has 0 aliphatic carbocycles. The predicted molar refractivity (Wildman–Crippen MR) is 92.4 cm³/mol. The summed E-state index contributed by atoms with van der Waals surface area (Å²) >= 11 is 1.55. The lowest BCUT2D eigenvalue weighted by molar-refractivity contribution is -0.152. The summed E-state index contributed by atoms with van der Waals surface area (Å²) in [5.74, 6) is -0.691. The fraction of sp³-hybridized carbons (Fsp3) is 0.222. The third-order valence-electron chi connectivity index (χ3n) is 3.11. The van der Waals surface area contributed by atoms with Crippen LogP contribution in [-0.4, -0.2) is 23.7 Å². The number of anilines is 1. The molecule has 2 rings (SSSR count). The van der Waals surface area contributed by atoms with Crippen LogP contribution in [-0.2, 0) is 14.3 Å². The number of rotatable bonds is 7. The van der Waals surface area contributed by atoms with Gasteiger partial charge in [0.05, 0.1) is 6.42 Å². The fourth-order valence-electron chi connectivity index (χ4n) is 1.86. The SMILES string of the molecule is C[C@@H](OC(=O)CCSc1ccccc1)C(=O)Nc1ccc(F)cc1. The van der Waals surface area contributed by atoms with Crippen LogP contribution >= 0.6 is 11.8 Å². The second kappa shape index (κ2) is 9.08. The highest BCUT2D eigenvalue weighted by atomic mass is 32.2. The van der Waals surface area contributed by atoms with Gasteiger partial charge in [0.25, 0.3) is 5.91 Å². The number of amides is 1. The van der Waals surface area contributed by atoms with E-state index in [1.54, 1.807) is 11.8 Å². The van der Waals surface area contributed by atoms with E-state index in [2.05, 4.69) is 5.32 Å². The Balaban J connectivity index is 1.72. The second-order valence-corrected chi connectivity index (χ2v) is 6.21. The highest BCUT2D eigenvalue weighted by Gasteiger charge is 2.17. The molecule has 6 heteroatoms. The number of benzene rings is 2. The molecular formula is C18H18FNO3S. The lowest BCUT2D eigenvalue weighted by Crippen LogP contribution is -2.30. The molecule has 0 spiro atoms. The molecule has 0 fully saturated rings. The summed E-state index contributed by atoms with van der Waals surface area (Å²) in [6.07, 6.45) is -0.697. The Bertz CT molecular complexity index is 676. The van der Waals surface area contributed by atoms with Gasteiger partial charge < -0.3 is 10.1 Å². The van der Waals surface area contributed by atoms with Crippen molar-refractivity contribution >= 4 is 29.3 Å². The zero-order valence-electron chi connectivity index (χ0n) is 13.2. The molecule has 24 heavy (non-hydrogen) atoms. The zero-order valence-corrected chi connectivity index (χ0v) is 14.0. The Morgan fingerprint density at radius 2 is 1.79 bits per heavy atom. The third-order valence-corrected chi connectivity index (χ3v) is 4.12. The van der Waals surface area contributed by atoms with Crippen LogP contribution in [0.25, 0.3) is 0 Å². The molecule has 0 saturated heterocycles. The number of carbonyl (C=O) groups excluding carboxylic acids is 2. The monoisotopic (exact) mass is 347 g/mol. The minimum Gasteiger partial charge on any atom is -0.453 e. The quantitative estimate of drug-likeness (QED) is 0.610. The van der Waals surface area contributed by atoms with E-state index in [-0.39, 0.29) is 12.2 Å². The zero-order chi connectivity index (χ0) is 17.4. The van der Waals surface area contributed by atoms with Gasteiger partial charge in [-0.1, -0.05) is 18.2 Å². The summed E-state index contributed by atoms with van der Waals surface area (Å²) < 4.78 is 17.9. The predicted octanol–water partition coefficient (Wildman–Crippen LogP) is 3.88. The number of halogens is 1. The first-order chi connectivity index (χ1) is 11.5. The molecule has 4 nitrogen and oxygen atoms in total. The van der Waals surface area contributed by atoms with Crippen molar-refractivity contribution in [2.75, 3.05) is 11.1 Å². The third kappa shape index (κ3) is 6.04. The minimum absolute atomic E-state index is 0.216. The Morgan fingerprint density at radius 1 is 1.12 bits per heavy atom. The van der Waals surface area contributed by atoms with Crippen LogP contribution < -0.4 is 5.32 Å². The molecule has 126 valence electrons. The summed E-state index contributed by atoms with van der Waals surface area (Å²) in [7, 11) is 0. The van der Waals surface area contributed by atoms with Crippen molar-refractivity contribution in [1.29, 1.82) is 0 Å². The van der Waals surface area contributed by atoms with Gasteiger partial charge in [0.15, 0.2) is 6.10 Å². The molecule has 1 amide bonds. The topological polar surface area (TPSA) is 55.4 Å². The van der Waals surface area contributed by atoms with Gasteiger partial charge in [-0.3, -0.25) is 9.59 Å². The van der Waals surface area contributed by atoms with E-state index < -0.39 is 18.0 Å². The molecule has 2 aromatic carbocycles. The van der Waals surface area contributed by atoms with E-state index in [4.69, 9.17) is 4.74 Å². The highest BCUT2D eigenvalue weighted by molar-refractivity contribution is 7.99. The Hall–Kier alpha value is -2.34. The number of carbonyl (C=O) groups is 2. The second-order valence-electron chi connectivity index (χ2n) is 5.04. The summed E-state index contributed by atoms with van der Waals surface area (Å²) in [6, 6.07) is 15.1. The summed E-state index contributed by atoms with van der Waals surface area (Å²) in [6.45, 7) is 1.50. The van der Waals surface area contributed by atoms with E-state index in [0.29, 0.717) is 11.4 Å². The molecule has 1 atom stereocenters. The van der Waals surface area contributed by atoms with E-state index >= 15 is 0 Å². The van der Waals surface area contributed by atoms with Crippen molar-refractivity contribution in [3.8, 4) is 0 Å². The van der Waals surface area contributed by atoms with E-state index in [9.17, 15) is 14.0 Å². The van der Waals surface area contributed by atoms with Crippen molar-refractivity contribution in [2.24, 2.45) is 0 Å². The van der Waals surface area contributed by atoms with Gasteiger partial charge in [0.2, 0.25) is 0 Å². The van der Waals surface area contributed by atoms with Crippen molar-refractivity contribution in [3.63, 3.8) is 0 Å². The summed E-state index contributed by atoms with van der Waals surface area (Å²) in [4.78, 5) is 24.8. The van der Waals surface area contributed by atoms with Gasteiger partial charge in [-0.2, -0.15) is 0 Å². The van der Waals surface area contributed by atoms with Gasteiger partial charge in [-0.25, -0.2) is 4.39 Å². The molecule has 0 bridgehead atoms. The Morgan fingerprint density at radius 3 is 2.46 bits per heavy atom. The number of hydrogen-bond acceptors (Lipinski definition) is 4. The van der Waals surface area contributed by atoms with Crippen molar-refractivity contribution in [1.82, 2.24) is 0 Å². The fourth-order valence-corrected chi connectivity index (χ4v) is 2.71. The molecule has 0 aliphatic rings. The van der Waals surface area contributed by atoms with E-state index in [1.165, 1.54) is 31.2 Å². The standard InChI is InChI=1S/C18H18FNO3S/c1-13(18(22)20-15-9-7-14(19)8-10-15)23-17(21)11-12-24-16-5-3-2-4-6-16/h2-10,13H,11-12H2,1H3,(H,20,22)/t13-/m1/s1. The molecule has 0 radical (unpaired) electrons. The number of nitrogens with one attached hydrogen (secondary N) is 1. The van der Waals surface area contributed by atoms with Crippen LogP contribution in [0.5, 0.6) is 0 Å². The maximum atomic E-state index is 12.8. The Kier molecular flexibility index (Phi) is 6.81. The first-order valence-corrected chi connectivity index (χ1v) is 8.47. The largest absolute Gasteiger partial charge is 0.453 e. The molecular weight excluding hydrogens is 329 g/mol. The molecule has 0 heterocycles. The number of hydrogen-bond donors (Lipinski definition) is 1. The van der Waals surface area contributed by atoms with Crippen LogP contribution in [0, 0.1) is 5.82 Å². The van der Waals surface area contributed by atoms with Crippen molar-refractivity contribution < 1.29 is 18.7 Å². The average molecular weight is 347 g/mol. The summed E-state index contributed by atoms with van der Waals surface area (Å²) in [5, 5.41) is 2.57.